The molecule has 0 bridgehead atoms. The Morgan fingerprint density at radius 1 is 0.545 bits per heavy atom. The van der Waals surface area contributed by atoms with Crippen LogP contribution in [-0.2, 0) is 9.47 Å². The SMILES string of the molecule is CCCCCCCCCCCCCCCCCCC12OC1O2. The van der Waals surface area contributed by atoms with E-state index in [0.29, 0.717) is 0 Å². The smallest absolute Gasteiger partial charge is 0.225 e. The van der Waals surface area contributed by atoms with Crippen molar-refractivity contribution in [2.45, 2.75) is 128 Å². The molecule has 0 radical (unpaired) electrons. The van der Waals surface area contributed by atoms with Crippen LogP contribution in [0.5, 0.6) is 0 Å². The third-order valence-corrected chi connectivity index (χ3v) is 5.24. The van der Waals surface area contributed by atoms with Crippen molar-refractivity contribution in [3.8, 4) is 0 Å². The summed E-state index contributed by atoms with van der Waals surface area (Å²) in [6, 6.07) is 0. The number of rotatable bonds is 17. The van der Waals surface area contributed by atoms with Crippen molar-refractivity contribution >= 4 is 0 Å². The summed E-state index contributed by atoms with van der Waals surface area (Å²) in [4.78, 5) is 0. The van der Waals surface area contributed by atoms with Crippen LogP contribution in [0.15, 0.2) is 0 Å². The second-order valence-corrected chi connectivity index (χ2v) is 7.43. The van der Waals surface area contributed by atoms with Gasteiger partial charge in [-0.15, -0.1) is 0 Å². The third kappa shape index (κ3) is 7.46. The van der Waals surface area contributed by atoms with E-state index in [9.17, 15) is 0 Å². The molecule has 0 amide bonds. The number of unbranched alkanes of at least 4 members (excludes halogenated alkanes) is 15. The molecule has 0 aromatic rings. The third-order valence-electron chi connectivity index (χ3n) is 5.24. The summed E-state index contributed by atoms with van der Waals surface area (Å²) in [6.45, 7) is 2.29. The molecule has 2 heterocycles. The lowest BCUT2D eigenvalue weighted by Crippen LogP contribution is -1.97. The van der Waals surface area contributed by atoms with Crippen molar-refractivity contribution in [3.05, 3.63) is 0 Å². The van der Waals surface area contributed by atoms with Crippen molar-refractivity contribution in [2.24, 2.45) is 0 Å². The average molecular weight is 311 g/mol. The van der Waals surface area contributed by atoms with Crippen molar-refractivity contribution in [1.82, 2.24) is 0 Å². The molecule has 130 valence electrons. The van der Waals surface area contributed by atoms with Gasteiger partial charge in [-0.1, -0.05) is 103 Å². The lowest BCUT2D eigenvalue weighted by atomic mass is 10.0. The monoisotopic (exact) mass is 310 g/mol. The van der Waals surface area contributed by atoms with Crippen LogP contribution in [0.25, 0.3) is 0 Å². The predicted octanol–water partition coefficient (Wildman–Crippen LogP) is 6.72. The highest BCUT2D eigenvalue weighted by Crippen LogP contribution is 2.59. The van der Waals surface area contributed by atoms with Crippen LogP contribution < -0.4 is 0 Å². The van der Waals surface area contributed by atoms with Gasteiger partial charge in [-0.05, 0) is 6.42 Å². The molecule has 0 saturated carbocycles. The predicted molar refractivity (Wildman–Crippen MR) is 92.9 cm³/mol. The Kier molecular flexibility index (Phi) is 8.84. The van der Waals surface area contributed by atoms with Gasteiger partial charge in [0, 0.05) is 6.42 Å². The molecule has 2 fully saturated rings. The Morgan fingerprint density at radius 2 is 0.864 bits per heavy atom. The van der Waals surface area contributed by atoms with Crippen LogP contribution >= 0.6 is 0 Å². The normalized spacial score (nSPS) is 25.2. The quantitative estimate of drug-likeness (QED) is 0.220. The molecule has 0 atom stereocenters. The molecule has 0 unspecified atom stereocenters. The van der Waals surface area contributed by atoms with Gasteiger partial charge in [-0.3, -0.25) is 0 Å². The molecule has 0 spiro atoms. The molecule has 2 heteroatoms. The van der Waals surface area contributed by atoms with Gasteiger partial charge >= 0.3 is 0 Å². The minimum atomic E-state index is -0.0456. The zero-order valence-corrected chi connectivity index (χ0v) is 14.9. The molecule has 2 rings (SSSR count). The first-order valence-corrected chi connectivity index (χ1v) is 10.2. The Morgan fingerprint density at radius 3 is 1.18 bits per heavy atom. The molecule has 0 aromatic carbocycles. The molecule has 22 heavy (non-hydrogen) atoms. The first-order chi connectivity index (χ1) is 10.9. The molecule has 2 aliphatic rings. The zero-order valence-electron chi connectivity index (χ0n) is 14.9. The van der Waals surface area contributed by atoms with Gasteiger partial charge in [0.25, 0.3) is 0 Å². The van der Waals surface area contributed by atoms with Crippen LogP contribution in [0.2, 0.25) is 0 Å². The summed E-state index contributed by atoms with van der Waals surface area (Å²) in [6.07, 6.45) is 24.2. The molecular formula is C20H38O2. The van der Waals surface area contributed by atoms with Crippen molar-refractivity contribution in [3.63, 3.8) is 0 Å². The van der Waals surface area contributed by atoms with Gasteiger partial charge in [-0.2, -0.15) is 0 Å². The van der Waals surface area contributed by atoms with Crippen LogP contribution in [0.3, 0.4) is 0 Å². The highest BCUT2D eigenvalue weighted by Gasteiger charge is 2.76. The molecule has 2 aliphatic heterocycles. The second kappa shape index (κ2) is 10.6. The van der Waals surface area contributed by atoms with E-state index in [1.54, 1.807) is 0 Å². The first-order valence-electron chi connectivity index (χ1n) is 10.2. The van der Waals surface area contributed by atoms with Gasteiger partial charge in [0.2, 0.25) is 12.1 Å². The number of hydrogen-bond donors (Lipinski definition) is 0. The van der Waals surface area contributed by atoms with E-state index < -0.39 is 0 Å². The van der Waals surface area contributed by atoms with Gasteiger partial charge in [0.15, 0.2) is 0 Å². The summed E-state index contributed by atoms with van der Waals surface area (Å²) in [5, 5.41) is 0. The number of epoxide rings is 2. The Hall–Kier alpha value is -0.0800. The van der Waals surface area contributed by atoms with Crippen LogP contribution in [0, 0.1) is 0 Å². The van der Waals surface area contributed by atoms with E-state index in [1.165, 1.54) is 103 Å². The zero-order chi connectivity index (χ0) is 15.5. The largest absolute Gasteiger partial charge is 0.310 e. The number of hydrogen-bond acceptors (Lipinski definition) is 2. The summed E-state index contributed by atoms with van der Waals surface area (Å²) >= 11 is 0. The molecule has 0 aromatic heterocycles. The molecule has 2 nitrogen and oxygen atoms in total. The summed E-state index contributed by atoms with van der Waals surface area (Å²) in [5.41, 5.74) is 0. The topological polar surface area (TPSA) is 25.1 Å². The average Bonchev–Trinajstić information content (AvgIpc) is 3.37. The standard InChI is InChI=1S/C20H38O2/c1-2-3-4-5-6-7-8-9-10-11-12-13-14-15-16-17-18-20-19(21-20)22-20/h19H,2-18H2,1H3. The highest BCUT2D eigenvalue weighted by atomic mass is 17.0. The van der Waals surface area contributed by atoms with Gasteiger partial charge in [0.05, 0.1) is 0 Å². The minimum Gasteiger partial charge on any atom is -0.310 e. The van der Waals surface area contributed by atoms with E-state index in [2.05, 4.69) is 6.92 Å². The fraction of sp³-hybridized carbons (Fsp3) is 1.00. The second-order valence-electron chi connectivity index (χ2n) is 7.43. The van der Waals surface area contributed by atoms with Crippen LogP contribution in [0.4, 0.5) is 0 Å². The van der Waals surface area contributed by atoms with Gasteiger partial charge < -0.3 is 9.47 Å². The number of ether oxygens (including phenoxy) is 2. The van der Waals surface area contributed by atoms with Gasteiger partial charge in [0.1, 0.15) is 0 Å². The van der Waals surface area contributed by atoms with Crippen LogP contribution in [-0.4, -0.2) is 12.1 Å². The highest BCUT2D eigenvalue weighted by molar-refractivity contribution is 5.02. The summed E-state index contributed by atoms with van der Waals surface area (Å²) in [5.74, 6) is -0.0456. The van der Waals surface area contributed by atoms with E-state index in [4.69, 9.17) is 9.47 Å². The molecular weight excluding hydrogens is 272 g/mol. The van der Waals surface area contributed by atoms with Crippen molar-refractivity contribution < 1.29 is 9.47 Å². The lowest BCUT2D eigenvalue weighted by molar-refractivity contribution is -0.0542. The maximum Gasteiger partial charge on any atom is 0.225 e. The summed E-state index contributed by atoms with van der Waals surface area (Å²) in [7, 11) is 0. The maximum atomic E-state index is 5.30. The Bertz CT molecular complexity index is 271. The molecule has 0 N–H and O–H groups in total. The fourth-order valence-electron chi connectivity index (χ4n) is 3.46. The van der Waals surface area contributed by atoms with E-state index in [-0.39, 0.29) is 12.1 Å². The van der Waals surface area contributed by atoms with Gasteiger partial charge in [-0.25, -0.2) is 0 Å². The Labute approximate surface area is 138 Å². The van der Waals surface area contributed by atoms with E-state index >= 15 is 0 Å². The fourth-order valence-corrected chi connectivity index (χ4v) is 3.46. The number of fused-ring (bicyclic) bond motifs is 1. The first kappa shape index (κ1) is 18.3. The Balaban J connectivity index is 1.17. The van der Waals surface area contributed by atoms with Crippen molar-refractivity contribution in [2.75, 3.05) is 0 Å². The van der Waals surface area contributed by atoms with E-state index in [1.807, 2.05) is 0 Å². The van der Waals surface area contributed by atoms with Crippen molar-refractivity contribution in [1.29, 1.82) is 0 Å². The van der Waals surface area contributed by atoms with Crippen LogP contribution in [0.1, 0.15) is 116 Å². The lowest BCUT2D eigenvalue weighted by Gasteiger charge is -2.04. The molecule has 2 saturated heterocycles. The summed E-state index contributed by atoms with van der Waals surface area (Å²) < 4.78 is 10.6. The van der Waals surface area contributed by atoms with E-state index in [0.717, 1.165) is 6.42 Å². The maximum absolute atomic E-state index is 5.30. The minimum absolute atomic E-state index is 0.0456. The molecule has 0 aliphatic carbocycles.